The standard InChI is InChI=1S/C11H13N3O3/c1-14-8-4-7(5-13-6-10(12)15)2-3-9(8)17-11(14)16/h2-4,13H,5-6H2,1H3,(H2,12,15). The Kier molecular flexibility index (Phi) is 2.97. The molecule has 6 nitrogen and oxygen atoms in total. The molecule has 0 aliphatic heterocycles. The second kappa shape index (κ2) is 4.42. The van der Waals surface area contributed by atoms with Gasteiger partial charge in [0.25, 0.3) is 0 Å². The number of carbonyl (C=O) groups excluding carboxylic acids is 1. The van der Waals surface area contributed by atoms with E-state index in [1.54, 1.807) is 13.1 Å². The molecule has 0 spiro atoms. The second-order valence-electron chi connectivity index (χ2n) is 3.80. The molecule has 1 aromatic heterocycles. The maximum atomic E-state index is 11.3. The fraction of sp³-hybridized carbons (Fsp3) is 0.273. The number of amides is 1. The summed E-state index contributed by atoms with van der Waals surface area (Å²) >= 11 is 0. The quantitative estimate of drug-likeness (QED) is 0.761. The molecule has 17 heavy (non-hydrogen) atoms. The normalized spacial score (nSPS) is 10.9. The van der Waals surface area contributed by atoms with Crippen molar-refractivity contribution < 1.29 is 9.21 Å². The largest absolute Gasteiger partial charge is 0.419 e. The molecule has 6 heteroatoms. The number of benzene rings is 1. The van der Waals surface area contributed by atoms with Crippen LogP contribution < -0.4 is 16.8 Å². The van der Waals surface area contributed by atoms with E-state index in [1.165, 1.54) is 4.57 Å². The van der Waals surface area contributed by atoms with Crippen molar-refractivity contribution in [3.63, 3.8) is 0 Å². The first-order chi connectivity index (χ1) is 8.08. The molecule has 0 fully saturated rings. The third-order valence-electron chi connectivity index (χ3n) is 2.48. The molecule has 0 saturated carbocycles. The van der Waals surface area contributed by atoms with Crippen molar-refractivity contribution in [2.24, 2.45) is 12.8 Å². The third kappa shape index (κ3) is 2.36. The predicted octanol–water partition coefficient (Wildman–Crippen LogP) is -0.294. The molecule has 1 heterocycles. The van der Waals surface area contributed by atoms with Crippen molar-refractivity contribution in [1.82, 2.24) is 9.88 Å². The smallest absolute Gasteiger partial charge is 0.408 e. The zero-order chi connectivity index (χ0) is 12.4. The number of primary amides is 1. The summed E-state index contributed by atoms with van der Waals surface area (Å²) in [6.07, 6.45) is 0. The molecular weight excluding hydrogens is 222 g/mol. The van der Waals surface area contributed by atoms with Gasteiger partial charge >= 0.3 is 5.76 Å². The number of hydrogen-bond donors (Lipinski definition) is 2. The Morgan fingerprint density at radius 3 is 3.00 bits per heavy atom. The van der Waals surface area contributed by atoms with Crippen LogP contribution in [0, 0.1) is 0 Å². The van der Waals surface area contributed by atoms with Gasteiger partial charge in [0.2, 0.25) is 5.91 Å². The summed E-state index contributed by atoms with van der Waals surface area (Å²) in [5.41, 5.74) is 7.25. The van der Waals surface area contributed by atoms with Crippen molar-refractivity contribution in [3.05, 3.63) is 34.3 Å². The van der Waals surface area contributed by atoms with Crippen molar-refractivity contribution in [3.8, 4) is 0 Å². The number of nitrogens with two attached hydrogens (primary N) is 1. The number of fused-ring (bicyclic) bond motifs is 1. The minimum Gasteiger partial charge on any atom is -0.408 e. The summed E-state index contributed by atoms with van der Waals surface area (Å²) in [4.78, 5) is 21.8. The second-order valence-corrected chi connectivity index (χ2v) is 3.80. The highest BCUT2D eigenvalue weighted by molar-refractivity contribution is 5.76. The molecule has 1 amide bonds. The molecule has 0 radical (unpaired) electrons. The van der Waals surface area contributed by atoms with Gasteiger partial charge in [0, 0.05) is 13.6 Å². The van der Waals surface area contributed by atoms with E-state index in [0.717, 1.165) is 11.1 Å². The minimum atomic E-state index is -0.401. The van der Waals surface area contributed by atoms with Crippen LogP contribution in [0.4, 0.5) is 0 Å². The summed E-state index contributed by atoms with van der Waals surface area (Å²) in [5.74, 6) is -0.788. The van der Waals surface area contributed by atoms with Crippen molar-refractivity contribution >= 4 is 17.0 Å². The Labute approximate surface area is 97.0 Å². The van der Waals surface area contributed by atoms with Crippen LogP contribution in [-0.2, 0) is 18.4 Å². The van der Waals surface area contributed by atoms with E-state index in [1.807, 2.05) is 12.1 Å². The van der Waals surface area contributed by atoms with E-state index in [0.29, 0.717) is 12.1 Å². The van der Waals surface area contributed by atoms with Crippen LogP contribution >= 0.6 is 0 Å². The highest BCUT2D eigenvalue weighted by Crippen LogP contribution is 2.13. The first-order valence-electron chi connectivity index (χ1n) is 5.15. The van der Waals surface area contributed by atoms with E-state index < -0.39 is 5.91 Å². The van der Waals surface area contributed by atoms with Gasteiger partial charge in [0.15, 0.2) is 5.58 Å². The zero-order valence-corrected chi connectivity index (χ0v) is 9.40. The summed E-state index contributed by atoms with van der Waals surface area (Å²) < 4.78 is 6.45. The number of hydrogen-bond acceptors (Lipinski definition) is 4. The van der Waals surface area contributed by atoms with Gasteiger partial charge in [-0.05, 0) is 17.7 Å². The lowest BCUT2D eigenvalue weighted by atomic mass is 10.2. The molecule has 0 unspecified atom stereocenters. The van der Waals surface area contributed by atoms with Gasteiger partial charge < -0.3 is 15.5 Å². The average Bonchev–Trinajstić information content (AvgIpc) is 2.55. The monoisotopic (exact) mass is 235 g/mol. The van der Waals surface area contributed by atoms with E-state index >= 15 is 0 Å². The van der Waals surface area contributed by atoms with Gasteiger partial charge in [0.1, 0.15) is 0 Å². The summed E-state index contributed by atoms with van der Waals surface area (Å²) in [6, 6.07) is 5.41. The molecule has 2 rings (SSSR count). The van der Waals surface area contributed by atoms with Gasteiger partial charge in [-0.25, -0.2) is 4.79 Å². The number of oxazole rings is 1. The summed E-state index contributed by atoms with van der Waals surface area (Å²) in [5, 5.41) is 2.90. The number of nitrogens with one attached hydrogen (secondary N) is 1. The lowest BCUT2D eigenvalue weighted by molar-refractivity contribution is -0.117. The van der Waals surface area contributed by atoms with Crippen LogP contribution in [0.3, 0.4) is 0 Å². The number of rotatable bonds is 4. The predicted molar refractivity (Wildman–Crippen MR) is 62.4 cm³/mol. The average molecular weight is 235 g/mol. The van der Waals surface area contributed by atoms with Gasteiger partial charge in [0.05, 0.1) is 12.1 Å². The van der Waals surface area contributed by atoms with Crippen LogP contribution in [0.1, 0.15) is 5.56 Å². The number of nitrogens with zero attached hydrogens (tertiary/aromatic N) is 1. The topological polar surface area (TPSA) is 90.3 Å². The van der Waals surface area contributed by atoms with E-state index in [4.69, 9.17) is 10.2 Å². The van der Waals surface area contributed by atoms with Gasteiger partial charge in [-0.2, -0.15) is 0 Å². The lowest BCUT2D eigenvalue weighted by Gasteiger charge is -2.02. The number of aryl methyl sites for hydroxylation is 1. The fourth-order valence-electron chi connectivity index (χ4n) is 1.61. The molecule has 90 valence electrons. The summed E-state index contributed by atoms with van der Waals surface area (Å²) in [7, 11) is 1.65. The van der Waals surface area contributed by atoms with E-state index in [2.05, 4.69) is 5.32 Å². The Morgan fingerprint density at radius 2 is 2.29 bits per heavy atom. The number of aromatic nitrogens is 1. The number of carbonyl (C=O) groups is 1. The van der Waals surface area contributed by atoms with Crippen LogP contribution in [0.5, 0.6) is 0 Å². The van der Waals surface area contributed by atoms with Crippen LogP contribution in [0.2, 0.25) is 0 Å². The van der Waals surface area contributed by atoms with Crippen molar-refractivity contribution in [1.29, 1.82) is 0 Å². The van der Waals surface area contributed by atoms with Gasteiger partial charge in [-0.3, -0.25) is 9.36 Å². The maximum Gasteiger partial charge on any atom is 0.419 e. The van der Waals surface area contributed by atoms with E-state index in [-0.39, 0.29) is 12.3 Å². The van der Waals surface area contributed by atoms with Gasteiger partial charge in [-0.1, -0.05) is 6.07 Å². The molecule has 0 saturated heterocycles. The zero-order valence-electron chi connectivity index (χ0n) is 9.40. The molecule has 1 aromatic carbocycles. The Bertz CT molecular complexity index is 612. The molecule has 3 N–H and O–H groups in total. The molecule has 0 aliphatic rings. The molecule has 0 atom stereocenters. The Balaban J connectivity index is 2.22. The highest BCUT2D eigenvalue weighted by atomic mass is 16.4. The SMILES string of the molecule is Cn1c(=O)oc2ccc(CNCC(N)=O)cc21. The fourth-order valence-corrected chi connectivity index (χ4v) is 1.61. The third-order valence-corrected chi connectivity index (χ3v) is 2.48. The first-order valence-corrected chi connectivity index (χ1v) is 5.15. The summed E-state index contributed by atoms with van der Waals surface area (Å²) in [6.45, 7) is 0.639. The minimum absolute atomic E-state index is 0.127. The molecular formula is C11H13N3O3. The molecule has 0 bridgehead atoms. The molecule has 0 aliphatic carbocycles. The molecule has 2 aromatic rings. The maximum absolute atomic E-state index is 11.3. The van der Waals surface area contributed by atoms with Crippen molar-refractivity contribution in [2.45, 2.75) is 6.54 Å². The Morgan fingerprint density at radius 1 is 1.53 bits per heavy atom. The van der Waals surface area contributed by atoms with Crippen LogP contribution in [0.25, 0.3) is 11.1 Å². The Hall–Kier alpha value is -2.08. The van der Waals surface area contributed by atoms with E-state index in [9.17, 15) is 9.59 Å². The first kappa shape index (κ1) is 11.4. The van der Waals surface area contributed by atoms with Gasteiger partial charge in [-0.15, -0.1) is 0 Å². The highest BCUT2D eigenvalue weighted by Gasteiger charge is 2.06. The van der Waals surface area contributed by atoms with Crippen LogP contribution in [0.15, 0.2) is 27.4 Å². The van der Waals surface area contributed by atoms with Crippen molar-refractivity contribution in [2.75, 3.05) is 6.54 Å². The lowest BCUT2D eigenvalue weighted by Crippen LogP contribution is -2.28. The van der Waals surface area contributed by atoms with Crippen LogP contribution in [-0.4, -0.2) is 17.0 Å².